The zero-order chi connectivity index (χ0) is 24.1. The van der Waals surface area contributed by atoms with E-state index in [1.54, 1.807) is 7.11 Å². The molecular weight excluding hydrogens is 520 g/mol. The van der Waals surface area contributed by atoms with E-state index in [0.29, 0.717) is 0 Å². The summed E-state index contributed by atoms with van der Waals surface area (Å²) in [5.74, 6) is 0. The van der Waals surface area contributed by atoms with Crippen molar-refractivity contribution < 1.29 is 25.6 Å². The molecule has 0 aliphatic rings. The Morgan fingerprint density at radius 2 is 1.06 bits per heavy atom. The fourth-order valence-corrected chi connectivity index (χ4v) is 4.01. The fourth-order valence-electron chi connectivity index (χ4n) is 4.01. The molecule has 2 rings (SSSR count). The molecule has 0 saturated carbocycles. The number of rotatable bonds is 11. The van der Waals surface area contributed by atoms with E-state index in [0.717, 1.165) is 50.7 Å². The maximum absolute atomic E-state index is 5.30. The van der Waals surface area contributed by atoms with Gasteiger partial charge in [0.1, 0.15) is 0 Å². The topological polar surface area (TPSA) is 40.7 Å². The van der Waals surface area contributed by atoms with Crippen LogP contribution in [0.1, 0.15) is 33.4 Å². The molecule has 176 valence electrons. The molecule has 0 bridgehead atoms. The molecule has 32 heavy (non-hydrogen) atoms. The Morgan fingerprint density at radius 1 is 0.719 bits per heavy atom. The van der Waals surface area contributed by atoms with Crippen LogP contribution in [-0.4, -0.2) is 51.3 Å². The van der Waals surface area contributed by atoms with E-state index in [4.69, 9.17) is 32.4 Å². The van der Waals surface area contributed by atoms with Gasteiger partial charge in [0.05, 0.1) is 6.61 Å². The van der Waals surface area contributed by atoms with Gasteiger partial charge in [0.2, 0.25) is 0 Å². The molecule has 0 unspecified atom stereocenters. The first kappa shape index (κ1) is 29.5. The van der Waals surface area contributed by atoms with Gasteiger partial charge < -0.3 is 20.3 Å². The van der Waals surface area contributed by atoms with Gasteiger partial charge in [0.15, 0.2) is 0 Å². The zero-order valence-electron chi connectivity index (χ0n) is 20.6. The number of halogens is 2. The summed E-state index contributed by atoms with van der Waals surface area (Å²) in [4.78, 5) is 2.40. The third-order valence-corrected chi connectivity index (χ3v) is 5.25. The SMILES string of the molecule is COCCN(CC[N-]c1c(C)cc(C)cc1C)CC[N-]c1c(C)cc(C)cc1C.[Cl][Zr+2][Cl]. The fraction of sp³-hybridized carbons (Fsp3) is 0.520. The third-order valence-electron chi connectivity index (χ3n) is 5.25. The first-order chi connectivity index (χ1) is 15.2. The Bertz CT molecular complexity index is 723. The van der Waals surface area contributed by atoms with Crippen molar-refractivity contribution >= 4 is 28.4 Å². The molecule has 0 N–H and O–H groups in total. The van der Waals surface area contributed by atoms with E-state index in [-0.39, 0.29) is 0 Å². The average molecular weight is 558 g/mol. The molecule has 0 aliphatic carbocycles. The Labute approximate surface area is 214 Å². The average Bonchev–Trinajstić information content (AvgIpc) is 2.69. The summed E-state index contributed by atoms with van der Waals surface area (Å²) < 4.78 is 5.30. The molecular formula is C25H37Cl2N3OZr. The molecule has 0 aromatic heterocycles. The predicted octanol–water partition coefficient (Wildman–Crippen LogP) is 7.57. The van der Waals surface area contributed by atoms with E-state index in [2.05, 4.69) is 70.7 Å². The van der Waals surface area contributed by atoms with Crippen molar-refractivity contribution in [3.05, 3.63) is 68.3 Å². The zero-order valence-corrected chi connectivity index (χ0v) is 24.5. The third kappa shape index (κ3) is 10.6. The van der Waals surface area contributed by atoms with Crippen LogP contribution in [0.5, 0.6) is 0 Å². The second-order valence-corrected chi connectivity index (χ2v) is 11.9. The van der Waals surface area contributed by atoms with E-state index in [1.807, 2.05) is 0 Å². The number of ether oxygens (including phenoxy) is 1. The van der Waals surface area contributed by atoms with Crippen molar-refractivity contribution in [3.8, 4) is 0 Å². The molecule has 0 radical (unpaired) electrons. The van der Waals surface area contributed by atoms with Gasteiger partial charge in [-0.15, -0.1) is 24.5 Å². The van der Waals surface area contributed by atoms with Crippen LogP contribution in [0.2, 0.25) is 0 Å². The van der Waals surface area contributed by atoms with E-state index >= 15 is 0 Å². The van der Waals surface area contributed by atoms with Crippen LogP contribution in [0, 0.1) is 41.5 Å². The number of aryl methyl sites for hydroxylation is 6. The molecule has 0 saturated heterocycles. The van der Waals surface area contributed by atoms with Crippen LogP contribution in [0.3, 0.4) is 0 Å². The van der Waals surface area contributed by atoms with Crippen LogP contribution in [0.15, 0.2) is 24.3 Å². The first-order valence-corrected chi connectivity index (χ1v) is 17.2. The van der Waals surface area contributed by atoms with Crippen molar-refractivity contribution in [1.29, 1.82) is 0 Å². The van der Waals surface area contributed by atoms with Gasteiger partial charge in [0.25, 0.3) is 0 Å². The van der Waals surface area contributed by atoms with Gasteiger partial charge in [0, 0.05) is 13.7 Å². The summed E-state index contributed by atoms with van der Waals surface area (Å²) in [6, 6.07) is 8.83. The quantitative estimate of drug-likeness (QED) is 0.286. The molecule has 0 heterocycles. The first-order valence-electron chi connectivity index (χ1n) is 10.9. The Kier molecular flexibility index (Phi) is 14.8. The number of benzene rings is 2. The molecule has 0 spiro atoms. The molecule has 0 amide bonds. The maximum atomic E-state index is 5.30. The van der Waals surface area contributed by atoms with Gasteiger partial charge in [-0.25, -0.2) is 0 Å². The van der Waals surface area contributed by atoms with Crippen LogP contribution in [0.25, 0.3) is 10.6 Å². The van der Waals surface area contributed by atoms with Crippen LogP contribution >= 0.6 is 17.0 Å². The minimum atomic E-state index is -0.826. The van der Waals surface area contributed by atoms with Crippen LogP contribution in [-0.2, 0) is 25.6 Å². The van der Waals surface area contributed by atoms with Crippen molar-refractivity contribution in [3.63, 3.8) is 0 Å². The van der Waals surface area contributed by atoms with Gasteiger partial charge in [-0.2, -0.15) is 0 Å². The second kappa shape index (κ2) is 16.1. The summed E-state index contributed by atoms with van der Waals surface area (Å²) in [6.07, 6.45) is 0. The predicted molar refractivity (Wildman–Crippen MR) is 137 cm³/mol. The van der Waals surface area contributed by atoms with Gasteiger partial charge in [-0.1, -0.05) is 57.6 Å². The number of hydrogen-bond acceptors (Lipinski definition) is 2. The molecule has 0 aliphatic heterocycles. The molecule has 0 atom stereocenters. The van der Waals surface area contributed by atoms with E-state index < -0.39 is 20.8 Å². The number of hydrogen-bond donors (Lipinski definition) is 0. The summed E-state index contributed by atoms with van der Waals surface area (Å²) in [5.41, 5.74) is 9.89. The van der Waals surface area contributed by atoms with Gasteiger partial charge in [-0.3, -0.25) is 0 Å². The van der Waals surface area contributed by atoms with Gasteiger partial charge in [-0.05, 0) is 54.6 Å². The Balaban J connectivity index is 0.00000161. The molecule has 7 heteroatoms. The van der Waals surface area contributed by atoms with Crippen molar-refractivity contribution in [2.45, 2.75) is 41.5 Å². The van der Waals surface area contributed by atoms with Crippen molar-refractivity contribution in [2.24, 2.45) is 0 Å². The normalized spacial score (nSPS) is 10.4. The minimum absolute atomic E-state index is 0.727. The monoisotopic (exact) mass is 555 g/mol. The van der Waals surface area contributed by atoms with Gasteiger partial charge >= 0.3 is 37.9 Å². The molecule has 2 aromatic rings. The van der Waals surface area contributed by atoms with Crippen molar-refractivity contribution in [2.75, 3.05) is 46.4 Å². The summed E-state index contributed by atoms with van der Waals surface area (Å²) in [7, 11) is 11.6. The molecule has 4 nitrogen and oxygen atoms in total. The number of methoxy groups -OCH3 is 1. The summed E-state index contributed by atoms with van der Waals surface area (Å²) >= 11 is -0.826. The Hall–Kier alpha value is -0.577. The van der Waals surface area contributed by atoms with E-state index in [9.17, 15) is 0 Å². The van der Waals surface area contributed by atoms with Crippen LogP contribution in [0.4, 0.5) is 11.4 Å². The molecule has 0 fully saturated rings. The second-order valence-electron chi connectivity index (χ2n) is 8.16. The summed E-state index contributed by atoms with van der Waals surface area (Å²) in [6.45, 7) is 17.9. The van der Waals surface area contributed by atoms with Crippen molar-refractivity contribution in [1.82, 2.24) is 4.90 Å². The van der Waals surface area contributed by atoms with E-state index in [1.165, 1.54) is 33.4 Å². The summed E-state index contributed by atoms with van der Waals surface area (Å²) in [5, 5.41) is 9.77. The van der Waals surface area contributed by atoms with Crippen LogP contribution < -0.4 is 0 Å². The Morgan fingerprint density at radius 3 is 1.38 bits per heavy atom. The standard InChI is InChI=1S/C25H37N3O.2ClH.Zr/c1-18-14-20(3)24(21(4)15-18)26-8-10-28(12-13-29-7)11-9-27-25-22(5)16-19(2)17-23(25)6;;;/h14-17H,8-13H2,1-7H3;2*1H;/q-2;;;+4/p-2. The number of nitrogens with zero attached hydrogens (tertiary/aromatic N) is 3. The molecule has 2 aromatic carbocycles.